The summed E-state index contributed by atoms with van der Waals surface area (Å²) in [6.45, 7) is 0.694. The highest BCUT2D eigenvalue weighted by molar-refractivity contribution is 14.1. The van der Waals surface area contributed by atoms with E-state index in [0.29, 0.717) is 25.1 Å². The van der Waals surface area contributed by atoms with Crippen LogP contribution in [-0.2, 0) is 27.4 Å². The van der Waals surface area contributed by atoms with E-state index in [-0.39, 0.29) is 22.4 Å². The molecule has 0 aliphatic heterocycles. The van der Waals surface area contributed by atoms with Gasteiger partial charge in [0.2, 0.25) is 11.8 Å². The predicted octanol–water partition coefficient (Wildman–Crippen LogP) is 3.14. The maximum Gasteiger partial charge on any atom is 0.367 e. The molecule has 2 rings (SSSR count). The number of likely N-dealkylation sites (N-methyl/N-ethyl adjacent to an activating group) is 1. The zero-order valence-corrected chi connectivity index (χ0v) is 20.8. The van der Waals surface area contributed by atoms with Gasteiger partial charge in [0.05, 0.1) is 28.6 Å². The van der Waals surface area contributed by atoms with Gasteiger partial charge in [0.25, 0.3) is 0 Å². The van der Waals surface area contributed by atoms with Crippen LogP contribution in [0.1, 0.15) is 30.4 Å². The molecular weight excluding hydrogens is 535 g/mol. The van der Waals surface area contributed by atoms with Crippen LogP contribution in [0.25, 0.3) is 0 Å². The van der Waals surface area contributed by atoms with Gasteiger partial charge in [0.1, 0.15) is 12.6 Å². The second-order valence-electron chi connectivity index (χ2n) is 7.59. The van der Waals surface area contributed by atoms with Crippen LogP contribution in [0.4, 0.5) is 10.5 Å². The monoisotopic (exact) mass is 566 g/mol. The minimum Gasteiger partial charge on any atom is -0.453 e. The van der Waals surface area contributed by atoms with Crippen LogP contribution in [0.2, 0.25) is 0 Å². The van der Waals surface area contributed by atoms with Crippen molar-refractivity contribution >= 4 is 44.1 Å². The van der Waals surface area contributed by atoms with Gasteiger partial charge in [-0.25, -0.2) is 4.79 Å². The summed E-state index contributed by atoms with van der Waals surface area (Å²) >= 11 is 1.57. The van der Waals surface area contributed by atoms with Crippen LogP contribution < -0.4 is 21.7 Å². The highest BCUT2D eigenvalue weighted by Crippen LogP contribution is 2.13. The molecule has 0 aliphatic rings. The number of rotatable bonds is 13. The van der Waals surface area contributed by atoms with Crippen molar-refractivity contribution in [3.05, 3.63) is 65.7 Å². The van der Waals surface area contributed by atoms with E-state index in [2.05, 4.69) is 16.0 Å². The third-order valence-corrected chi connectivity index (χ3v) is 5.41. The number of nitrogens with one attached hydrogen (secondary N) is 3. The SMILES string of the molecule is CN[C@@H](Cc1ccccc1)C(=O)N[C@@H](CCCCN)C(=O)Nc1ccc(COC(=O)I)cc1. The number of benzene rings is 2. The Morgan fingerprint density at radius 3 is 2.24 bits per heavy atom. The van der Waals surface area contributed by atoms with Gasteiger partial charge in [-0.3, -0.25) is 9.59 Å². The summed E-state index contributed by atoms with van der Waals surface area (Å²) < 4.78 is 4.58. The van der Waals surface area contributed by atoms with Gasteiger partial charge in [0, 0.05) is 5.69 Å². The molecule has 8 nitrogen and oxygen atoms in total. The van der Waals surface area contributed by atoms with E-state index in [4.69, 9.17) is 10.5 Å². The Labute approximate surface area is 208 Å². The minimum absolute atomic E-state index is 0.167. The molecule has 0 heterocycles. The van der Waals surface area contributed by atoms with Gasteiger partial charge >= 0.3 is 3.98 Å². The molecule has 5 N–H and O–H groups in total. The lowest BCUT2D eigenvalue weighted by Crippen LogP contribution is -2.51. The third-order valence-electron chi connectivity index (χ3n) is 5.10. The fourth-order valence-electron chi connectivity index (χ4n) is 3.26. The zero-order chi connectivity index (χ0) is 24.1. The van der Waals surface area contributed by atoms with E-state index >= 15 is 0 Å². The number of carbonyl (C=O) groups is 3. The van der Waals surface area contributed by atoms with Gasteiger partial charge in [-0.15, -0.1) is 0 Å². The summed E-state index contributed by atoms with van der Waals surface area (Å²) in [6, 6.07) is 15.6. The molecule has 0 fully saturated rings. The average Bonchev–Trinajstić information content (AvgIpc) is 2.82. The lowest BCUT2D eigenvalue weighted by molar-refractivity contribution is -0.128. The molecule has 0 saturated heterocycles. The first-order valence-corrected chi connectivity index (χ1v) is 11.9. The molecule has 33 heavy (non-hydrogen) atoms. The van der Waals surface area contributed by atoms with Gasteiger partial charge < -0.3 is 26.4 Å². The molecule has 2 atom stereocenters. The van der Waals surface area contributed by atoms with Gasteiger partial charge in [-0.05, 0) is 62.5 Å². The van der Waals surface area contributed by atoms with E-state index in [1.807, 2.05) is 30.3 Å². The van der Waals surface area contributed by atoms with Crippen LogP contribution in [0, 0.1) is 0 Å². The standard InChI is InChI=1S/C24H31IN4O4/c1-27-21(15-17-7-3-2-4-8-17)23(31)29-20(9-5-6-14-26)22(30)28-19-12-10-18(11-13-19)16-33-24(25)32/h2-4,7-8,10-13,20-21,27H,5-6,9,14-16,26H2,1H3,(H,28,30)(H,29,31)/t20-,21-/m0/s1. The molecule has 0 saturated carbocycles. The van der Waals surface area contributed by atoms with Gasteiger partial charge in [0.15, 0.2) is 0 Å². The van der Waals surface area contributed by atoms with E-state index < -0.39 is 12.1 Å². The number of hydrogen-bond donors (Lipinski definition) is 4. The highest BCUT2D eigenvalue weighted by atomic mass is 127. The van der Waals surface area contributed by atoms with Crippen LogP contribution in [0.15, 0.2) is 54.6 Å². The Kier molecular flexibility index (Phi) is 11.8. The van der Waals surface area contributed by atoms with E-state index in [1.54, 1.807) is 53.9 Å². The second kappa shape index (κ2) is 14.6. The Morgan fingerprint density at radius 1 is 0.939 bits per heavy atom. The van der Waals surface area contributed by atoms with Crippen LogP contribution in [0.5, 0.6) is 0 Å². The first kappa shape index (κ1) is 26.7. The molecule has 0 bridgehead atoms. The summed E-state index contributed by atoms with van der Waals surface area (Å²) in [7, 11) is 1.73. The Hall–Kier alpha value is -2.50. The van der Waals surface area contributed by atoms with Gasteiger partial charge in [-0.2, -0.15) is 0 Å². The number of halogens is 1. The highest BCUT2D eigenvalue weighted by Gasteiger charge is 2.25. The molecular formula is C24H31IN4O4. The molecule has 2 aromatic carbocycles. The number of carbonyl (C=O) groups excluding carboxylic acids is 3. The summed E-state index contributed by atoms with van der Waals surface area (Å²) in [6.07, 6.45) is 2.49. The van der Waals surface area contributed by atoms with E-state index in [0.717, 1.165) is 24.0 Å². The molecule has 2 amide bonds. The normalized spacial score (nSPS) is 12.5. The number of hydrogen-bond acceptors (Lipinski definition) is 6. The molecule has 178 valence electrons. The van der Waals surface area contributed by atoms with Crippen molar-refractivity contribution in [1.29, 1.82) is 0 Å². The first-order valence-electron chi connectivity index (χ1n) is 10.9. The summed E-state index contributed by atoms with van der Waals surface area (Å²) in [4.78, 5) is 36.8. The molecule has 0 spiro atoms. The van der Waals surface area contributed by atoms with Crippen LogP contribution in [-0.4, -0.2) is 41.5 Å². The van der Waals surface area contributed by atoms with Crippen molar-refractivity contribution in [2.75, 3.05) is 18.9 Å². The molecule has 0 radical (unpaired) electrons. The molecule has 9 heteroatoms. The lowest BCUT2D eigenvalue weighted by Gasteiger charge is -2.22. The summed E-state index contributed by atoms with van der Waals surface area (Å²) in [5, 5.41) is 8.79. The smallest absolute Gasteiger partial charge is 0.367 e. The molecule has 0 aromatic heterocycles. The van der Waals surface area contributed by atoms with Crippen molar-refractivity contribution < 1.29 is 19.1 Å². The van der Waals surface area contributed by atoms with Crippen molar-refractivity contribution in [3.8, 4) is 0 Å². The quantitative estimate of drug-likeness (QED) is 0.168. The minimum atomic E-state index is -0.685. The van der Waals surface area contributed by atoms with Crippen LogP contribution in [0.3, 0.4) is 0 Å². The maximum atomic E-state index is 13.0. The Morgan fingerprint density at radius 2 is 1.64 bits per heavy atom. The van der Waals surface area contributed by atoms with Crippen molar-refractivity contribution in [2.45, 2.75) is 44.4 Å². The van der Waals surface area contributed by atoms with Gasteiger partial charge in [-0.1, -0.05) is 42.5 Å². The largest absolute Gasteiger partial charge is 0.453 e. The average molecular weight is 566 g/mol. The topological polar surface area (TPSA) is 123 Å². The Bertz CT molecular complexity index is 893. The fraction of sp³-hybridized carbons (Fsp3) is 0.375. The van der Waals surface area contributed by atoms with Crippen LogP contribution >= 0.6 is 22.6 Å². The summed E-state index contributed by atoms with van der Waals surface area (Å²) in [5.74, 6) is -0.522. The number of anilines is 1. The maximum absolute atomic E-state index is 13.0. The fourth-order valence-corrected chi connectivity index (χ4v) is 3.42. The second-order valence-corrected chi connectivity index (χ2v) is 8.47. The molecule has 2 aromatic rings. The zero-order valence-electron chi connectivity index (χ0n) is 18.7. The predicted molar refractivity (Wildman–Crippen MR) is 137 cm³/mol. The van der Waals surface area contributed by atoms with Crippen molar-refractivity contribution in [3.63, 3.8) is 0 Å². The Balaban J connectivity index is 2.01. The number of ether oxygens (including phenoxy) is 1. The number of unbranched alkanes of at least 4 members (excludes halogenated alkanes) is 1. The summed E-state index contributed by atoms with van der Waals surface area (Å²) in [5.41, 5.74) is 8.03. The van der Waals surface area contributed by atoms with Crippen molar-refractivity contribution in [1.82, 2.24) is 10.6 Å². The first-order chi connectivity index (χ1) is 15.9. The van der Waals surface area contributed by atoms with E-state index in [9.17, 15) is 14.4 Å². The number of nitrogens with two attached hydrogens (primary N) is 1. The molecule has 0 aliphatic carbocycles. The van der Waals surface area contributed by atoms with E-state index in [1.165, 1.54) is 0 Å². The number of amides is 2. The van der Waals surface area contributed by atoms with Crippen molar-refractivity contribution in [2.24, 2.45) is 5.73 Å². The lowest BCUT2D eigenvalue weighted by atomic mass is 10.0. The third kappa shape index (κ3) is 9.89. The molecule has 0 unspecified atom stereocenters.